The van der Waals surface area contributed by atoms with Crippen molar-refractivity contribution in [2.75, 3.05) is 43.6 Å². The van der Waals surface area contributed by atoms with Crippen molar-refractivity contribution in [3.8, 4) is 0 Å². The zero-order valence-corrected chi connectivity index (χ0v) is 18.4. The third-order valence-electron chi connectivity index (χ3n) is 5.80. The molecule has 3 aromatic rings. The number of nitrogens with zero attached hydrogens (tertiary/aromatic N) is 1. The molecule has 166 valence electrons. The molecule has 1 aliphatic heterocycles. The van der Waals surface area contributed by atoms with E-state index in [2.05, 4.69) is 15.5 Å². The zero-order valence-electron chi connectivity index (χ0n) is 18.4. The van der Waals surface area contributed by atoms with Gasteiger partial charge in [-0.05, 0) is 60.4 Å². The summed E-state index contributed by atoms with van der Waals surface area (Å²) in [4.78, 5) is 28.1. The van der Waals surface area contributed by atoms with Crippen molar-refractivity contribution in [3.05, 3.63) is 71.8 Å². The van der Waals surface area contributed by atoms with Crippen LogP contribution in [0, 0.1) is 0 Å². The van der Waals surface area contributed by atoms with Crippen LogP contribution in [-0.2, 0) is 4.74 Å². The first-order valence-electron chi connectivity index (χ1n) is 11.1. The number of rotatable bonds is 7. The van der Waals surface area contributed by atoms with Gasteiger partial charge in [0.15, 0.2) is 0 Å². The molecule has 4 rings (SSSR count). The second kappa shape index (κ2) is 10.3. The predicted octanol–water partition coefficient (Wildman–Crippen LogP) is 4.46. The standard InChI is InChI=1S/C26H29N3O3/c1-32-16-13-27-26(31)23-18-22(11-12-24(23)29-14-5-2-6-15-29)28-25(30)21-10-9-19-7-3-4-8-20(19)17-21/h3-4,7-12,17-18H,2,5-6,13-16H2,1H3,(H,27,31)(H,28,30). The normalized spacial score (nSPS) is 13.7. The minimum atomic E-state index is -0.202. The average molecular weight is 432 g/mol. The highest BCUT2D eigenvalue weighted by Gasteiger charge is 2.20. The fourth-order valence-corrected chi connectivity index (χ4v) is 4.10. The lowest BCUT2D eigenvalue weighted by atomic mass is 10.0. The lowest BCUT2D eigenvalue weighted by Gasteiger charge is -2.30. The topological polar surface area (TPSA) is 70.7 Å². The number of methoxy groups -OCH3 is 1. The van der Waals surface area contributed by atoms with Gasteiger partial charge in [0.25, 0.3) is 11.8 Å². The fourth-order valence-electron chi connectivity index (χ4n) is 4.10. The van der Waals surface area contributed by atoms with Gasteiger partial charge in [0, 0.05) is 43.7 Å². The smallest absolute Gasteiger partial charge is 0.255 e. The number of nitrogens with one attached hydrogen (secondary N) is 2. The number of hydrogen-bond donors (Lipinski definition) is 2. The van der Waals surface area contributed by atoms with Gasteiger partial charge in [0.05, 0.1) is 12.2 Å². The van der Waals surface area contributed by atoms with Crippen LogP contribution in [0.15, 0.2) is 60.7 Å². The Morgan fingerprint density at radius 3 is 2.47 bits per heavy atom. The van der Waals surface area contributed by atoms with Gasteiger partial charge in [-0.25, -0.2) is 0 Å². The maximum Gasteiger partial charge on any atom is 0.255 e. The van der Waals surface area contributed by atoms with Crippen molar-refractivity contribution in [3.63, 3.8) is 0 Å². The third-order valence-corrected chi connectivity index (χ3v) is 5.80. The maximum absolute atomic E-state index is 12.9. The summed E-state index contributed by atoms with van der Waals surface area (Å²) in [5, 5.41) is 7.96. The summed E-state index contributed by atoms with van der Waals surface area (Å²) >= 11 is 0. The molecule has 0 atom stereocenters. The quantitative estimate of drug-likeness (QED) is 0.542. The first-order valence-corrected chi connectivity index (χ1v) is 11.1. The Kier molecular flexibility index (Phi) is 7.02. The van der Waals surface area contributed by atoms with E-state index < -0.39 is 0 Å². The van der Waals surface area contributed by atoms with E-state index in [1.807, 2.05) is 54.6 Å². The molecule has 1 saturated heterocycles. The number of anilines is 2. The molecule has 0 unspecified atom stereocenters. The van der Waals surface area contributed by atoms with Crippen molar-refractivity contribution in [1.29, 1.82) is 0 Å². The molecular weight excluding hydrogens is 402 g/mol. The van der Waals surface area contributed by atoms with E-state index in [0.717, 1.165) is 42.4 Å². The van der Waals surface area contributed by atoms with Crippen molar-refractivity contribution >= 4 is 34.0 Å². The molecule has 2 N–H and O–H groups in total. The summed E-state index contributed by atoms with van der Waals surface area (Å²) < 4.78 is 5.05. The van der Waals surface area contributed by atoms with Crippen molar-refractivity contribution in [1.82, 2.24) is 5.32 Å². The van der Waals surface area contributed by atoms with Crippen LogP contribution in [0.1, 0.15) is 40.0 Å². The van der Waals surface area contributed by atoms with E-state index in [0.29, 0.717) is 30.0 Å². The molecule has 32 heavy (non-hydrogen) atoms. The number of benzene rings is 3. The Morgan fingerprint density at radius 1 is 0.906 bits per heavy atom. The van der Waals surface area contributed by atoms with Crippen LogP contribution in [0.5, 0.6) is 0 Å². The predicted molar refractivity (Wildman–Crippen MR) is 129 cm³/mol. The van der Waals surface area contributed by atoms with Gasteiger partial charge < -0.3 is 20.3 Å². The summed E-state index contributed by atoms with van der Waals surface area (Å²) in [5.74, 6) is -0.364. The van der Waals surface area contributed by atoms with Crippen molar-refractivity contribution < 1.29 is 14.3 Å². The molecule has 1 fully saturated rings. The highest BCUT2D eigenvalue weighted by molar-refractivity contribution is 6.08. The monoisotopic (exact) mass is 431 g/mol. The average Bonchev–Trinajstić information content (AvgIpc) is 2.84. The van der Waals surface area contributed by atoms with Gasteiger partial charge in [-0.3, -0.25) is 9.59 Å². The van der Waals surface area contributed by atoms with E-state index in [1.165, 1.54) is 6.42 Å². The number of amides is 2. The van der Waals surface area contributed by atoms with E-state index in [4.69, 9.17) is 4.74 Å². The Morgan fingerprint density at radius 2 is 1.69 bits per heavy atom. The van der Waals surface area contributed by atoms with Crippen molar-refractivity contribution in [2.24, 2.45) is 0 Å². The number of fused-ring (bicyclic) bond motifs is 1. The Labute approximate surface area is 188 Å². The second-order valence-electron chi connectivity index (χ2n) is 8.04. The molecule has 6 nitrogen and oxygen atoms in total. The molecule has 0 spiro atoms. The number of carbonyl (C=O) groups is 2. The first kappa shape index (κ1) is 21.8. The summed E-state index contributed by atoms with van der Waals surface area (Å²) in [5.41, 5.74) is 2.65. The van der Waals surface area contributed by atoms with E-state index in [9.17, 15) is 9.59 Å². The van der Waals surface area contributed by atoms with E-state index in [-0.39, 0.29) is 11.8 Å². The maximum atomic E-state index is 12.9. The molecular formula is C26H29N3O3. The van der Waals surface area contributed by atoms with Gasteiger partial charge in [-0.15, -0.1) is 0 Å². The zero-order chi connectivity index (χ0) is 22.3. The van der Waals surface area contributed by atoms with Gasteiger partial charge in [0.2, 0.25) is 0 Å². The van der Waals surface area contributed by atoms with Crippen molar-refractivity contribution in [2.45, 2.75) is 19.3 Å². The van der Waals surface area contributed by atoms with E-state index in [1.54, 1.807) is 13.2 Å². The molecule has 3 aromatic carbocycles. The first-order chi connectivity index (χ1) is 15.7. The third kappa shape index (κ3) is 5.08. The largest absolute Gasteiger partial charge is 0.383 e. The molecule has 0 bridgehead atoms. The lowest BCUT2D eigenvalue weighted by molar-refractivity contribution is 0.0936. The lowest BCUT2D eigenvalue weighted by Crippen LogP contribution is -2.33. The Bertz CT molecular complexity index is 1110. The van der Waals surface area contributed by atoms with Gasteiger partial charge in [-0.1, -0.05) is 30.3 Å². The van der Waals surface area contributed by atoms with Crippen LogP contribution in [0.2, 0.25) is 0 Å². The second-order valence-corrected chi connectivity index (χ2v) is 8.04. The molecule has 1 heterocycles. The van der Waals surface area contributed by atoms with Crippen LogP contribution >= 0.6 is 0 Å². The highest BCUT2D eigenvalue weighted by Crippen LogP contribution is 2.28. The van der Waals surface area contributed by atoms with Crippen LogP contribution in [-0.4, -0.2) is 45.2 Å². The molecule has 0 aromatic heterocycles. The van der Waals surface area contributed by atoms with Crippen LogP contribution < -0.4 is 15.5 Å². The van der Waals surface area contributed by atoms with Gasteiger partial charge in [0.1, 0.15) is 0 Å². The van der Waals surface area contributed by atoms with Crippen LogP contribution in [0.3, 0.4) is 0 Å². The minimum Gasteiger partial charge on any atom is -0.383 e. The number of carbonyl (C=O) groups excluding carboxylic acids is 2. The summed E-state index contributed by atoms with van der Waals surface area (Å²) in [7, 11) is 1.61. The SMILES string of the molecule is COCCNC(=O)c1cc(NC(=O)c2ccc3ccccc3c2)ccc1N1CCCCC1. The minimum absolute atomic E-state index is 0.163. The number of piperidine rings is 1. The summed E-state index contributed by atoms with van der Waals surface area (Å²) in [6.07, 6.45) is 3.45. The van der Waals surface area contributed by atoms with Gasteiger partial charge >= 0.3 is 0 Å². The molecule has 6 heteroatoms. The molecule has 0 saturated carbocycles. The van der Waals surface area contributed by atoms with Gasteiger partial charge in [-0.2, -0.15) is 0 Å². The number of ether oxygens (including phenoxy) is 1. The summed E-state index contributed by atoms with van der Waals surface area (Å²) in [6, 6.07) is 19.2. The van der Waals surface area contributed by atoms with E-state index >= 15 is 0 Å². The molecule has 0 radical (unpaired) electrons. The number of hydrogen-bond acceptors (Lipinski definition) is 4. The highest BCUT2D eigenvalue weighted by atomic mass is 16.5. The molecule has 0 aliphatic carbocycles. The van der Waals surface area contributed by atoms with Crippen LogP contribution in [0.4, 0.5) is 11.4 Å². The fraction of sp³-hybridized carbons (Fsp3) is 0.308. The van der Waals surface area contributed by atoms with Crippen LogP contribution in [0.25, 0.3) is 10.8 Å². The molecule has 1 aliphatic rings. The Hall–Kier alpha value is -3.38. The Balaban J connectivity index is 1.57. The molecule has 2 amide bonds. The summed E-state index contributed by atoms with van der Waals surface area (Å²) in [6.45, 7) is 2.74.